The molecule has 0 radical (unpaired) electrons. The number of carbonyl (C=O) groups is 1. The summed E-state index contributed by atoms with van der Waals surface area (Å²) in [6.45, 7) is -0.115. The van der Waals surface area contributed by atoms with Gasteiger partial charge in [-0.3, -0.25) is 9.48 Å². The van der Waals surface area contributed by atoms with E-state index < -0.39 is 0 Å². The molecule has 0 spiro atoms. The number of rotatable bonds is 10. The molecule has 1 aromatic carbocycles. The molecule has 3 aromatic heterocycles. The van der Waals surface area contributed by atoms with Gasteiger partial charge >= 0.3 is 0 Å². The minimum atomic E-state index is -0.115. The number of methoxy groups -OCH3 is 1. The van der Waals surface area contributed by atoms with Crippen molar-refractivity contribution in [2.24, 2.45) is 7.05 Å². The molecule has 4 N–H and O–H groups in total. The summed E-state index contributed by atoms with van der Waals surface area (Å²) in [6, 6.07) is 10.7. The van der Waals surface area contributed by atoms with Crippen LogP contribution in [0, 0.1) is 0 Å². The number of benzene rings is 1. The Labute approximate surface area is 208 Å². The number of aryl methyl sites for hydroxylation is 1. The van der Waals surface area contributed by atoms with Gasteiger partial charge in [0.15, 0.2) is 23.7 Å². The Bertz CT molecular complexity index is 1370. The number of aliphatic hydroxyl groups is 1. The molecule has 4 aromatic rings. The van der Waals surface area contributed by atoms with Gasteiger partial charge in [-0.15, -0.1) is 0 Å². The summed E-state index contributed by atoms with van der Waals surface area (Å²) in [5, 5.41) is 21.9. The van der Waals surface area contributed by atoms with Crippen molar-refractivity contribution in [2.75, 3.05) is 37.3 Å². The molecule has 0 atom stereocenters. The topological polar surface area (TPSA) is 142 Å². The second-order valence-corrected chi connectivity index (χ2v) is 8.03. The first-order valence-electron chi connectivity index (χ1n) is 11.0. The second-order valence-electron chi connectivity index (χ2n) is 8.03. The Morgan fingerprint density at radius 1 is 1.11 bits per heavy atom. The Morgan fingerprint density at radius 3 is 2.61 bits per heavy atom. The molecule has 12 nitrogen and oxygen atoms in total. The van der Waals surface area contributed by atoms with E-state index in [1.807, 2.05) is 18.2 Å². The fourth-order valence-corrected chi connectivity index (χ4v) is 3.55. The standard InChI is InChI=1S/C24H27N9O3/c1-32(2)30-24-17(13-35)19(11-21(29-24)28-20-10-15(12-34)8-9-25-20)27-18-7-5-6-16(22(18)36-4)23-26-14-33(3)31-23/h5-11,13-14,34H,12H2,1-4H3,(H3,25,27,28,29,30). The molecular weight excluding hydrogens is 462 g/mol. The minimum absolute atomic E-state index is 0.115. The second kappa shape index (κ2) is 10.8. The van der Waals surface area contributed by atoms with Crippen molar-refractivity contribution in [3.05, 3.63) is 60.0 Å². The number of anilines is 5. The van der Waals surface area contributed by atoms with Crippen LogP contribution in [-0.2, 0) is 13.7 Å². The van der Waals surface area contributed by atoms with Gasteiger partial charge in [-0.1, -0.05) is 6.07 Å². The number of hydrazine groups is 1. The van der Waals surface area contributed by atoms with Crippen LogP contribution >= 0.6 is 0 Å². The van der Waals surface area contributed by atoms with Crippen molar-refractivity contribution in [1.82, 2.24) is 29.7 Å². The molecule has 0 aliphatic rings. The maximum atomic E-state index is 12.2. The molecule has 0 unspecified atom stereocenters. The Kier molecular flexibility index (Phi) is 7.37. The summed E-state index contributed by atoms with van der Waals surface area (Å²) in [4.78, 5) is 25.3. The number of carbonyl (C=O) groups excluding carboxylic acids is 1. The average Bonchev–Trinajstić information content (AvgIpc) is 3.29. The van der Waals surface area contributed by atoms with Crippen molar-refractivity contribution in [3.63, 3.8) is 0 Å². The molecule has 0 bridgehead atoms. The number of para-hydroxylation sites is 1. The van der Waals surface area contributed by atoms with Gasteiger partial charge in [0.05, 0.1) is 36.2 Å². The van der Waals surface area contributed by atoms with Gasteiger partial charge < -0.3 is 25.9 Å². The smallest absolute Gasteiger partial charge is 0.184 e. The van der Waals surface area contributed by atoms with Crippen LogP contribution in [0.1, 0.15) is 15.9 Å². The lowest BCUT2D eigenvalue weighted by Gasteiger charge is -2.20. The third-order valence-corrected chi connectivity index (χ3v) is 5.10. The molecule has 0 saturated heterocycles. The summed E-state index contributed by atoms with van der Waals surface area (Å²) in [7, 11) is 6.94. The van der Waals surface area contributed by atoms with Crippen molar-refractivity contribution in [3.8, 4) is 17.1 Å². The van der Waals surface area contributed by atoms with Crippen LogP contribution in [0.25, 0.3) is 11.4 Å². The number of nitrogens with zero attached hydrogens (tertiary/aromatic N) is 6. The molecule has 0 fully saturated rings. The quantitative estimate of drug-likeness (QED) is 0.193. The summed E-state index contributed by atoms with van der Waals surface area (Å²) in [5.41, 5.74) is 5.87. The van der Waals surface area contributed by atoms with Gasteiger partial charge in [-0.2, -0.15) is 5.10 Å². The number of aliphatic hydroxyl groups excluding tert-OH is 1. The fraction of sp³-hybridized carbons (Fsp3) is 0.208. The highest BCUT2D eigenvalue weighted by molar-refractivity contribution is 5.94. The Hall–Kier alpha value is -4.55. The third-order valence-electron chi connectivity index (χ3n) is 5.10. The molecule has 0 saturated carbocycles. The van der Waals surface area contributed by atoms with Gasteiger partial charge in [-0.05, 0) is 29.8 Å². The van der Waals surface area contributed by atoms with Crippen LogP contribution in [-0.4, -0.2) is 62.3 Å². The van der Waals surface area contributed by atoms with Crippen molar-refractivity contribution >= 4 is 35.1 Å². The van der Waals surface area contributed by atoms with Crippen LogP contribution in [0.5, 0.6) is 5.75 Å². The molecule has 4 rings (SSSR count). The third kappa shape index (κ3) is 5.40. The van der Waals surface area contributed by atoms with E-state index >= 15 is 0 Å². The summed E-state index contributed by atoms with van der Waals surface area (Å²) in [5.74, 6) is 2.29. The normalized spacial score (nSPS) is 10.8. The first-order valence-corrected chi connectivity index (χ1v) is 11.0. The molecule has 36 heavy (non-hydrogen) atoms. The fourth-order valence-electron chi connectivity index (χ4n) is 3.55. The van der Waals surface area contributed by atoms with Gasteiger partial charge in [-0.25, -0.2) is 20.0 Å². The van der Waals surface area contributed by atoms with Crippen molar-refractivity contribution in [1.29, 1.82) is 0 Å². The zero-order valence-electron chi connectivity index (χ0n) is 20.4. The molecule has 186 valence electrons. The van der Waals surface area contributed by atoms with Crippen LogP contribution < -0.4 is 20.8 Å². The highest BCUT2D eigenvalue weighted by Crippen LogP contribution is 2.38. The monoisotopic (exact) mass is 489 g/mol. The number of aromatic nitrogens is 5. The van der Waals surface area contributed by atoms with Crippen molar-refractivity contribution < 1.29 is 14.6 Å². The summed E-state index contributed by atoms with van der Waals surface area (Å²) >= 11 is 0. The van der Waals surface area contributed by atoms with Crippen LogP contribution in [0.4, 0.5) is 28.8 Å². The largest absolute Gasteiger partial charge is 0.494 e. The molecule has 3 heterocycles. The number of ether oxygens (including phenoxy) is 1. The van der Waals surface area contributed by atoms with E-state index in [-0.39, 0.29) is 6.61 Å². The van der Waals surface area contributed by atoms with E-state index in [2.05, 4.69) is 36.1 Å². The number of nitrogens with one attached hydrogen (secondary N) is 3. The number of hydrogen-bond donors (Lipinski definition) is 4. The zero-order valence-corrected chi connectivity index (χ0v) is 20.4. The molecular formula is C24H27N9O3. The molecule has 0 aliphatic heterocycles. The van der Waals surface area contributed by atoms with Gasteiger partial charge in [0.1, 0.15) is 18.0 Å². The molecule has 12 heteroatoms. The zero-order chi connectivity index (χ0) is 25.7. The lowest BCUT2D eigenvalue weighted by atomic mass is 10.1. The van der Waals surface area contributed by atoms with E-state index in [9.17, 15) is 9.90 Å². The Balaban J connectivity index is 1.78. The maximum absolute atomic E-state index is 12.2. The van der Waals surface area contributed by atoms with Crippen LogP contribution in [0.3, 0.4) is 0 Å². The van der Waals surface area contributed by atoms with E-state index in [1.165, 1.54) is 0 Å². The highest BCUT2D eigenvalue weighted by Gasteiger charge is 2.18. The number of aldehydes is 1. The SMILES string of the molecule is COc1c(Nc2cc(Nc3cc(CO)ccn3)nc(NN(C)C)c2C=O)cccc1-c1ncn(C)n1. The van der Waals surface area contributed by atoms with Gasteiger partial charge in [0.2, 0.25) is 0 Å². The minimum Gasteiger partial charge on any atom is -0.494 e. The average molecular weight is 490 g/mol. The van der Waals surface area contributed by atoms with E-state index in [0.29, 0.717) is 57.1 Å². The Morgan fingerprint density at radius 2 is 1.94 bits per heavy atom. The first kappa shape index (κ1) is 24.6. The predicted octanol–water partition coefficient (Wildman–Crippen LogP) is 2.96. The molecule has 0 aliphatic carbocycles. The first-order chi connectivity index (χ1) is 17.4. The maximum Gasteiger partial charge on any atom is 0.184 e. The van der Waals surface area contributed by atoms with Gasteiger partial charge in [0.25, 0.3) is 0 Å². The van der Waals surface area contributed by atoms with E-state index in [1.54, 1.807) is 68.7 Å². The summed E-state index contributed by atoms with van der Waals surface area (Å²) in [6.07, 6.45) is 3.93. The molecule has 0 amide bonds. The predicted molar refractivity (Wildman–Crippen MR) is 137 cm³/mol. The number of hydrogen-bond acceptors (Lipinski definition) is 11. The van der Waals surface area contributed by atoms with E-state index in [0.717, 1.165) is 6.29 Å². The van der Waals surface area contributed by atoms with Crippen LogP contribution in [0.15, 0.2) is 48.9 Å². The highest BCUT2D eigenvalue weighted by atomic mass is 16.5. The van der Waals surface area contributed by atoms with E-state index in [4.69, 9.17) is 4.74 Å². The lowest BCUT2D eigenvalue weighted by Crippen LogP contribution is -2.22. The van der Waals surface area contributed by atoms with Gasteiger partial charge in [0, 0.05) is 33.4 Å². The van der Waals surface area contributed by atoms with Crippen molar-refractivity contribution in [2.45, 2.75) is 6.61 Å². The van der Waals surface area contributed by atoms with Crippen LogP contribution in [0.2, 0.25) is 0 Å². The lowest BCUT2D eigenvalue weighted by molar-refractivity contribution is 0.112. The summed E-state index contributed by atoms with van der Waals surface area (Å²) < 4.78 is 7.31. The number of pyridine rings is 2.